The standard InChI is InChI=1S/C15H24N2O2/c1-5-17(10-11(3)4)15(18)14-12(16)8-7-9-13(14)19-6-2/h7-9,11H,5-6,10,16H2,1-4H3. The maximum atomic E-state index is 12.6. The fraction of sp³-hybridized carbons (Fsp3) is 0.533. The van der Waals surface area contributed by atoms with Gasteiger partial charge in [0.15, 0.2) is 0 Å². The van der Waals surface area contributed by atoms with Gasteiger partial charge in [-0.05, 0) is 31.9 Å². The Kier molecular flexibility index (Phi) is 5.67. The van der Waals surface area contributed by atoms with Crippen LogP contribution in [0.25, 0.3) is 0 Å². The Balaban J connectivity index is 3.09. The van der Waals surface area contributed by atoms with Crippen LogP contribution in [-0.2, 0) is 0 Å². The van der Waals surface area contributed by atoms with Gasteiger partial charge in [-0.2, -0.15) is 0 Å². The van der Waals surface area contributed by atoms with Crippen LogP contribution >= 0.6 is 0 Å². The van der Waals surface area contributed by atoms with E-state index in [1.807, 2.05) is 13.8 Å². The molecule has 0 bridgehead atoms. The summed E-state index contributed by atoms with van der Waals surface area (Å²) in [4.78, 5) is 14.4. The monoisotopic (exact) mass is 264 g/mol. The van der Waals surface area contributed by atoms with Crippen molar-refractivity contribution in [3.8, 4) is 5.75 Å². The first kappa shape index (κ1) is 15.3. The lowest BCUT2D eigenvalue weighted by Gasteiger charge is -2.24. The number of carbonyl (C=O) groups excluding carboxylic acids is 1. The first-order valence-corrected chi connectivity index (χ1v) is 6.81. The highest BCUT2D eigenvalue weighted by molar-refractivity contribution is 6.01. The van der Waals surface area contributed by atoms with Crippen LogP contribution in [0.2, 0.25) is 0 Å². The van der Waals surface area contributed by atoms with E-state index in [0.717, 1.165) is 6.54 Å². The molecule has 0 aliphatic carbocycles. The first-order valence-electron chi connectivity index (χ1n) is 6.81. The summed E-state index contributed by atoms with van der Waals surface area (Å²) in [5, 5.41) is 0. The Bertz CT molecular complexity index is 430. The van der Waals surface area contributed by atoms with Crippen molar-refractivity contribution in [1.29, 1.82) is 0 Å². The van der Waals surface area contributed by atoms with Crippen molar-refractivity contribution in [3.05, 3.63) is 23.8 Å². The molecule has 1 aromatic rings. The minimum Gasteiger partial charge on any atom is -0.493 e. The zero-order chi connectivity index (χ0) is 14.4. The quantitative estimate of drug-likeness (QED) is 0.804. The zero-order valence-corrected chi connectivity index (χ0v) is 12.3. The minimum absolute atomic E-state index is 0.0576. The molecule has 0 unspecified atom stereocenters. The zero-order valence-electron chi connectivity index (χ0n) is 12.3. The minimum atomic E-state index is -0.0576. The molecule has 1 aromatic carbocycles. The number of nitrogens with two attached hydrogens (primary N) is 1. The molecule has 0 saturated carbocycles. The summed E-state index contributed by atoms with van der Waals surface area (Å²) in [6.07, 6.45) is 0. The molecule has 4 heteroatoms. The van der Waals surface area contributed by atoms with Crippen molar-refractivity contribution >= 4 is 11.6 Å². The summed E-state index contributed by atoms with van der Waals surface area (Å²) in [6.45, 7) is 9.94. The third kappa shape index (κ3) is 3.88. The molecule has 0 atom stereocenters. The summed E-state index contributed by atoms with van der Waals surface area (Å²) in [6, 6.07) is 5.32. The second-order valence-corrected chi connectivity index (χ2v) is 4.89. The third-order valence-electron chi connectivity index (χ3n) is 2.83. The SMILES string of the molecule is CCOc1cccc(N)c1C(=O)N(CC)CC(C)C. The fourth-order valence-electron chi connectivity index (χ4n) is 2.01. The molecule has 0 aliphatic heterocycles. The van der Waals surface area contributed by atoms with Gasteiger partial charge >= 0.3 is 0 Å². The molecule has 0 fully saturated rings. The van der Waals surface area contributed by atoms with Crippen molar-refractivity contribution < 1.29 is 9.53 Å². The molecule has 0 radical (unpaired) electrons. The van der Waals surface area contributed by atoms with E-state index in [1.54, 1.807) is 23.1 Å². The Hall–Kier alpha value is -1.71. The van der Waals surface area contributed by atoms with Crippen LogP contribution in [0, 0.1) is 5.92 Å². The van der Waals surface area contributed by atoms with Crippen molar-refractivity contribution in [2.75, 3.05) is 25.4 Å². The molecule has 0 spiro atoms. The summed E-state index contributed by atoms with van der Waals surface area (Å²) >= 11 is 0. The smallest absolute Gasteiger partial charge is 0.259 e. The maximum absolute atomic E-state index is 12.6. The molecule has 106 valence electrons. The normalized spacial score (nSPS) is 10.6. The van der Waals surface area contributed by atoms with Gasteiger partial charge in [0.05, 0.1) is 6.61 Å². The largest absolute Gasteiger partial charge is 0.493 e. The van der Waals surface area contributed by atoms with Gasteiger partial charge < -0.3 is 15.4 Å². The van der Waals surface area contributed by atoms with Gasteiger partial charge in [0.1, 0.15) is 11.3 Å². The summed E-state index contributed by atoms with van der Waals surface area (Å²) < 4.78 is 5.51. The van der Waals surface area contributed by atoms with E-state index in [2.05, 4.69) is 13.8 Å². The average molecular weight is 264 g/mol. The molecule has 1 rings (SSSR count). The van der Waals surface area contributed by atoms with Gasteiger partial charge in [0.25, 0.3) is 5.91 Å². The molecular formula is C15H24N2O2. The number of hydrogen-bond acceptors (Lipinski definition) is 3. The van der Waals surface area contributed by atoms with Gasteiger partial charge in [-0.15, -0.1) is 0 Å². The lowest BCUT2D eigenvalue weighted by atomic mass is 10.1. The molecule has 0 aliphatic rings. The van der Waals surface area contributed by atoms with E-state index in [0.29, 0.717) is 36.1 Å². The van der Waals surface area contributed by atoms with Gasteiger partial charge in [-0.25, -0.2) is 0 Å². The third-order valence-corrected chi connectivity index (χ3v) is 2.83. The second-order valence-electron chi connectivity index (χ2n) is 4.89. The van der Waals surface area contributed by atoms with Gasteiger partial charge in [-0.1, -0.05) is 19.9 Å². The average Bonchev–Trinajstić information content (AvgIpc) is 2.35. The molecule has 2 N–H and O–H groups in total. The van der Waals surface area contributed by atoms with Crippen LogP contribution in [0.3, 0.4) is 0 Å². The summed E-state index contributed by atoms with van der Waals surface area (Å²) in [5.41, 5.74) is 6.90. The van der Waals surface area contributed by atoms with Gasteiger partial charge in [-0.3, -0.25) is 4.79 Å². The Morgan fingerprint density at radius 3 is 2.58 bits per heavy atom. The number of ether oxygens (including phenoxy) is 1. The highest BCUT2D eigenvalue weighted by Gasteiger charge is 2.21. The Morgan fingerprint density at radius 1 is 1.37 bits per heavy atom. The van der Waals surface area contributed by atoms with E-state index in [1.165, 1.54) is 0 Å². The molecule has 0 aromatic heterocycles. The number of benzene rings is 1. The predicted octanol–water partition coefficient (Wildman–Crippen LogP) is 2.79. The van der Waals surface area contributed by atoms with E-state index >= 15 is 0 Å². The number of amides is 1. The van der Waals surface area contributed by atoms with Crippen molar-refractivity contribution in [2.24, 2.45) is 5.92 Å². The van der Waals surface area contributed by atoms with Crippen molar-refractivity contribution in [3.63, 3.8) is 0 Å². The van der Waals surface area contributed by atoms with Gasteiger partial charge in [0, 0.05) is 18.8 Å². The predicted molar refractivity (Wildman–Crippen MR) is 78.4 cm³/mol. The van der Waals surface area contributed by atoms with E-state index in [4.69, 9.17) is 10.5 Å². The Labute approximate surface area is 115 Å². The first-order chi connectivity index (χ1) is 9.01. The van der Waals surface area contributed by atoms with Crippen LogP contribution in [-0.4, -0.2) is 30.5 Å². The number of nitrogen functional groups attached to an aromatic ring is 1. The lowest BCUT2D eigenvalue weighted by molar-refractivity contribution is 0.0742. The van der Waals surface area contributed by atoms with Crippen LogP contribution in [0.1, 0.15) is 38.1 Å². The maximum Gasteiger partial charge on any atom is 0.259 e. The molecule has 1 amide bonds. The Morgan fingerprint density at radius 2 is 2.05 bits per heavy atom. The van der Waals surface area contributed by atoms with Crippen LogP contribution in [0.15, 0.2) is 18.2 Å². The second kappa shape index (κ2) is 7.02. The highest BCUT2D eigenvalue weighted by atomic mass is 16.5. The topological polar surface area (TPSA) is 55.6 Å². The molecule has 0 saturated heterocycles. The fourth-order valence-corrected chi connectivity index (χ4v) is 2.01. The highest BCUT2D eigenvalue weighted by Crippen LogP contribution is 2.26. The van der Waals surface area contributed by atoms with Crippen molar-refractivity contribution in [1.82, 2.24) is 4.90 Å². The number of anilines is 1. The van der Waals surface area contributed by atoms with Crippen LogP contribution < -0.4 is 10.5 Å². The van der Waals surface area contributed by atoms with E-state index in [9.17, 15) is 4.79 Å². The van der Waals surface area contributed by atoms with E-state index < -0.39 is 0 Å². The summed E-state index contributed by atoms with van der Waals surface area (Å²) in [5.74, 6) is 0.928. The van der Waals surface area contributed by atoms with Crippen LogP contribution in [0.4, 0.5) is 5.69 Å². The molecule has 4 nitrogen and oxygen atoms in total. The number of hydrogen-bond donors (Lipinski definition) is 1. The van der Waals surface area contributed by atoms with E-state index in [-0.39, 0.29) is 5.91 Å². The van der Waals surface area contributed by atoms with Crippen LogP contribution in [0.5, 0.6) is 5.75 Å². The molecule has 19 heavy (non-hydrogen) atoms. The molecular weight excluding hydrogens is 240 g/mol. The number of rotatable bonds is 6. The number of nitrogens with zero attached hydrogens (tertiary/aromatic N) is 1. The molecule has 0 heterocycles. The van der Waals surface area contributed by atoms with Crippen molar-refractivity contribution in [2.45, 2.75) is 27.7 Å². The number of carbonyl (C=O) groups is 1. The lowest BCUT2D eigenvalue weighted by Crippen LogP contribution is -2.34. The summed E-state index contributed by atoms with van der Waals surface area (Å²) in [7, 11) is 0. The van der Waals surface area contributed by atoms with Gasteiger partial charge in [0.2, 0.25) is 0 Å².